The van der Waals surface area contributed by atoms with Crippen LogP contribution >= 0.6 is 23.2 Å². The van der Waals surface area contributed by atoms with Crippen LogP contribution in [0.4, 0.5) is 0 Å². The summed E-state index contributed by atoms with van der Waals surface area (Å²) >= 11 is 11.8. The molecule has 0 spiro atoms. The zero-order chi connectivity index (χ0) is 13.3. The average molecular weight is 287 g/mol. The number of hydrogen-bond acceptors (Lipinski definition) is 2. The lowest BCUT2D eigenvalue weighted by molar-refractivity contribution is 0.0572. The Kier molecular flexibility index (Phi) is 4.15. The van der Waals surface area contributed by atoms with Crippen LogP contribution in [0.15, 0.2) is 18.2 Å². The zero-order valence-electron chi connectivity index (χ0n) is 10.5. The number of benzene rings is 1. The number of hydrogen-bond donors (Lipinski definition) is 0. The third kappa shape index (κ3) is 2.79. The molecule has 1 saturated heterocycles. The maximum absolute atomic E-state index is 12.3. The van der Waals surface area contributed by atoms with E-state index in [1.54, 1.807) is 18.2 Å². The van der Waals surface area contributed by atoms with E-state index in [9.17, 15) is 4.79 Å². The topological polar surface area (TPSA) is 23.6 Å². The molecule has 2 rings (SSSR count). The first-order chi connectivity index (χ1) is 8.49. The summed E-state index contributed by atoms with van der Waals surface area (Å²) in [5.41, 5.74) is 0.598. The van der Waals surface area contributed by atoms with Gasteiger partial charge in [0.1, 0.15) is 0 Å². The van der Waals surface area contributed by atoms with Gasteiger partial charge in [0.25, 0.3) is 5.91 Å². The van der Waals surface area contributed by atoms with Gasteiger partial charge in [0.15, 0.2) is 0 Å². The van der Waals surface area contributed by atoms with Crippen LogP contribution in [0.1, 0.15) is 17.3 Å². The van der Waals surface area contributed by atoms with Crippen molar-refractivity contribution in [3.63, 3.8) is 0 Å². The first kappa shape index (κ1) is 13.7. The fourth-order valence-electron chi connectivity index (χ4n) is 2.04. The number of amides is 1. The van der Waals surface area contributed by atoms with Crippen LogP contribution in [0.25, 0.3) is 0 Å². The first-order valence-electron chi connectivity index (χ1n) is 5.93. The second-order valence-corrected chi connectivity index (χ2v) is 5.52. The summed E-state index contributed by atoms with van der Waals surface area (Å²) in [5.74, 6) is 0.0218. The van der Waals surface area contributed by atoms with Crippen LogP contribution in [0, 0.1) is 0 Å². The van der Waals surface area contributed by atoms with E-state index in [1.165, 1.54) is 0 Å². The molecular weight excluding hydrogens is 271 g/mol. The van der Waals surface area contributed by atoms with Crippen LogP contribution < -0.4 is 0 Å². The maximum atomic E-state index is 12.3. The van der Waals surface area contributed by atoms with Gasteiger partial charge in [0.05, 0.1) is 10.0 Å². The SMILES string of the molecule is CC1CN(C(=O)c2ccc(Cl)c(Cl)c2)CCN1C. The van der Waals surface area contributed by atoms with Gasteiger partial charge < -0.3 is 9.80 Å². The predicted octanol–water partition coefficient (Wildman–Crippen LogP) is 2.77. The third-order valence-corrected chi connectivity index (χ3v) is 4.15. The number of halogens is 2. The van der Waals surface area contributed by atoms with Gasteiger partial charge in [0, 0.05) is 31.2 Å². The van der Waals surface area contributed by atoms with E-state index >= 15 is 0 Å². The van der Waals surface area contributed by atoms with Crippen LogP contribution in [-0.2, 0) is 0 Å². The summed E-state index contributed by atoms with van der Waals surface area (Å²) in [6, 6.07) is 5.40. The van der Waals surface area contributed by atoms with E-state index in [4.69, 9.17) is 23.2 Å². The molecule has 0 bridgehead atoms. The molecule has 1 aliphatic rings. The smallest absolute Gasteiger partial charge is 0.254 e. The largest absolute Gasteiger partial charge is 0.336 e. The van der Waals surface area contributed by atoms with Gasteiger partial charge in [-0.2, -0.15) is 0 Å². The van der Waals surface area contributed by atoms with Crippen molar-refractivity contribution in [2.45, 2.75) is 13.0 Å². The van der Waals surface area contributed by atoms with E-state index in [0.29, 0.717) is 21.7 Å². The van der Waals surface area contributed by atoms with Gasteiger partial charge >= 0.3 is 0 Å². The standard InChI is InChI=1S/C13H16Cl2N2O/c1-9-8-17(6-5-16(9)2)13(18)10-3-4-11(14)12(15)7-10/h3-4,7,9H,5-6,8H2,1-2H3. The fraction of sp³-hybridized carbons (Fsp3) is 0.462. The average Bonchev–Trinajstić information content (AvgIpc) is 2.35. The van der Waals surface area contributed by atoms with Crippen molar-refractivity contribution in [2.24, 2.45) is 0 Å². The fourth-order valence-corrected chi connectivity index (χ4v) is 2.34. The van der Waals surface area contributed by atoms with E-state index in [2.05, 4.69) is 18.9 Å². The molecule has 3 nitrogen and oxygen atoms in total. The third-order valence-electron chi connectivity index (χ3n) is 3.41. The Labute approximate surface area is 117 Å². The second kappa shape index (κ2) is 5.47. The number of carbonyl (C=O) groups is 1. The lowest BCUT2D eigenvalue weighted by Gasteiger charge is -2.37. The Hall–Kier alpha value is -0.770. The van der Waals surface area contributed by atoms with Crippen molar-refractivity contribution < 1.29 is 4.79 Å². The highest BCUT2D eigenvalue weighted by molar-refractivity contribution is 6.42. The summed E-state index contributed by atoms with van der Waals surface area (Å²) < 4.78 is 0. The molecule has 1 amide bonds. The van der Waals surface area contributed by atoms with Gasteiger partial charge in [-0.15, -0.1) is 0 Å². The van der Waals surface area contributed by atoms with E-state index < -0.39 is 0 Å². The number of carbonyl (C=O) groups excluding carboxylic acids is 1. The van der Waals surface area contributed by atoms with E-state index in [1.807, 2.05) is 4.90 Å². The lowest BCUT2D eigenvalue weighted by atomic mass is 10.1. The number of piperazine rings is 1. The molecule has 0 N–H and O–H groups in total. The Balaban J connectivity index is 2.14. The first-order valence-corrected chi connectivity index (χ1v) is 6.69. The lowest BCUT2D eigenvalue weighted by Crippen LogP contribution is -2.52. The molecule has 0 aliphatic carbocycles. The van der Waals surface area contributed by atoms with E-state index in [0.717, 1.165) is 19.6 Å². The summed E-state index contributed by atoms with van der Waals surface area (Å²) in [6.07, 6.45) is 0. The molecule has 0 saturated carbocycles. The van der Waals surface area contributed by atoms with Crippen LogP contribution in [0.5, 0.6) is 0 Å². The van der Waals surface area contributed by atoms with Crippen molar-refractivity contribution in [1.29, 1.82) is 0 Å². The zero-order valence-corrected chi connectivity index (χ0v) is 12.0. The van der Waals surface area contributed by atoms with Crippen molar-refractivity contribution in [1.82, 2.24) is 9.80 Å². The summed E-state index contributed by atoms with van der Waals surface area (Å²) in [5, 5.41) is 0.893. The molecule has 1 aromatic rings. The van der Waals surface area contributed by atoms with Crippen molar-refractivity contribution >= 4 is 29.1 Å². The van der Waals surface area contributed by atoms with Crippen LogP contribution in [0.2, 0.25) is 10.0 Å². The maximum Gasteiger partial charge on any atom is 0.254 e. The Morgan fingerprint density at radius 3 is 2.61 bits per heavy atom. The number of nitrogens with zero attached hydrogens (tertiary/aromatic N) is 2. The molecular formula is C13H16Cl2N2O. The molecule has 1 heterocycles. The van der Waals surface area contributed by atoms with Gasteiger partial charge in [-0.1, -0.05) is 23.2 Å². The normalized spacial score (nSPS) is 21.1. The molecule has 5 heteroatoms. The highest BCUT2D eigenvalue weighted by Gasteiger charge is 2.25. The Morgan fingerprint density at radius 2 is 2.00 bits per heavy atom. The highest BCUT2D eigenvalue weighted by atomic mass is 35.5. The Morgan fingerprint density at radius 1 is 1.28 bits per heavy atom. The van der Waals surface area contributed by atoms with Crippen molar-refractivity contribution in [3.05, 3.63) is 33.8 Å². The van der Waals surface area contributed by atoms with Gasteiger partial charge in [-0.3, -0.25) is 4.79 Å². The molecule has 0 aromatic heterocycles. The van der Waals surface area contributed by atoms with Crippen molar-refractivity contribution in [3.8, 4) is 0 Å². The monoisotopic (exact) mass is 286 g/mol. The summed E-state index contributed by atoms with van der Waals surface area (Å²) in [7, 11) is 2.08. The number of likely N-dealkylation sites (N-methyl/N-ethyl adjacent to an activating group) is 1. The molecule has 1 fully saturated rings. The quantitative estimate of drug-likeness (QED) is 0.793. The molecule has 98 valence electrons. The predicted molar refractivity (Wildman–Crippen MR) is 74.5 cm³/mol. The molecule has 1 atom stereocenters. The minimum Gasteiger partial charge on any atom is -0.336 e. The summed E-state index contributed by atoms with van der Waals surface area (Å²) in [4.78, 5) is 16.4. The minimum atomic E-state index is 0.0218. The summed E-state index contributed by atoms with van der Waals surface area (Å²) in [6.45, 7) is 4.51. The molecule has 18 heavy (non-hydrogen) atoms. The number of rotatable bonds is 1. The Bertz CT molecular complexity index is 464. The molecule has 0 radical (unpaired) electrons. The molecule has 1 unspecified atom stereocenters. The van der Waals surface area contributed by atoms with Crippen LogP contribution in [0.3, 0.4) is 0 Å². The van der Waals surface area contributed by atoms with Gasteiger partial charge in [-0.25, -0.2) is 0 Å². The highest BCUT2D eigenvalue weighted by Crippen LogP contribution is 2.23. The minimum absolute atomic E-state index is 0.0218. The second-order valence-electron chi connectivity index (χ2n) is 4.71. The van der Waals surface area contributed by atoms with Crippen molar-refractivity contribution in [2.75, 3.05) is 26.7 Å². The van der Waals surface area contributed by atoms with E-state index in [-0.39, 0.29) is 5.91 Å². The molecule has 1 aliphatic heterocycles. The van der Waals surface area contributed by atoms with Gasteiger partial charge in [-0.05, 0) is 32.2 Å². The van der Waals surface area contributed by atoms with Crippen LogP contribution in [-0.4, -0.2) is 48.4 Å². The van der Waals surface area contributed by atoms with Gasteiger partial charge in [0.2, 0.25) is 0 Å². The molecule has 1 aromatic carbocycles.